The van der Waals surface area contributed by atoms with Crippen molar-refractivity contribution >= 4 is 38.1 Å². The van der Waals surface area contributed by atoms with Crippen LogP contribution in [0.15, 0.2) is 76.0 Å². The summed E-state index contributed by atoms with van der Waals surface area (Å²) in [6, 6.07) is 19.6. The predicted molar refractivity (Wildman–Crippen MR) is 130 cm³/mol. The second-order valence-corrected chi connectivity index (χ2v) is 8.57. The molecule has 9 heteroatoms. The molecule has 3 aromatic carbocycles. The number of nitro groups is 1. The number of aromatic nitrogens is 2. The molecule has 166 valence electrons. The molecule has 0 saturated carbocycles. The monoisotopic (exact) mass is 506 g/mol. The quantitative estimate of drug-likeness (QED) is 0.297. The molecule has 0 aliphatic carbocycles. The van der Waals surface area contributed by atoms with Gasteiger partial charge in [0.15, 0.2) is 0 Å². The molecule has 8 nitrogen and oxygen atoms in total. The molecule has 5 rings (SSSR count). The van der Waals surface area contributed by atoms with E-state index >= 15 is 0 Å². The van der Waals surface area contributed by atoms with Crippen molar-refractivity contribution in [3.8, 4) is 16.9 Å². The molecule has 0 radical (unpaired) electrons. The zero-order valence-corrected chi connectivity index (χ0v) is 19.1. The normalized spacial score (nSPS) is 13.9. The molecule has 4 aromatic rings. The first-order valence-electron chi connectivity index (χ1n) is 10.4. The fourth-order valence-corrected chi connectivity index (χ4v) is 4.46. The van der Waals surface area contributed by atoms with Gasteiger partial charge in [-0.1, -0.05) is 46.3 Å². The van der Waals surface area contributed by atoms with Gasteiger partial charge in [0.1, 0.15) is 5.69 Å². The van der Waals surface area contributed by atoms with Crippen LogP contribution in [-0.2, 0) is 4.74 Å². The maximum atomic E-state index is 13.5. The summed E-state index contributed by atoms with van der Waals surface area (Å²) in [7, 11) is 0. The van der Waals surface area contributed by atoms with Crippen LogP contribution in [0.5, 0.6) is 0 Å². The average Bonchev–Trinajstić information content (AvgIpc) is 2.84. The Balaban J connectivity index is 1.79. The van der Waals surface area contributed by atoms with E-state index in [2.05, 4.69) is 25.9 Å². The van der Waals surface area contributed by atoms with E-state index in [4.69, 9.17) is 4.74 Å². The smallest absolute Gasteiger partial charge is 0.295 e. The molecule has 1 aliphatic heterocycles. The summed E-state index contributed by atoms with van der Waals surface area (Å²) < 4.78 is 7.44. The van der Waals surface area contributed by atoms with E-state index in [0.717, 1.165) is 20.4 Å². The Morgan fingerprint density at radius 1 is 0.970 bits per heavy atom. The van der Waals surface area contributed by atoms with Gasteiger partial charge in [0.05, 0.1) is 29.2 Å². The van der Waals surface area contributed by atoms with E-state index in [9.17, 15) is 14.9 Å². The number of ether oxygens (including phenoxy) is 1. The maximum Gasteiger partial charge on any atom is 0.295 e. The standard InChI is InChI=1S/C24H19BrN4O4/c25-17-5-3-4-16(14-17)23-19-6-1-2-7-20(19)24(30)28(26-23)22-15-18(8-9-21(22)29(31)32)27-10-12-33-13-11-27/h1-9,14-15H,10-13H2. The number of benzene rings is 3. The molecule has 1 fully saturated rings. The average molecular weight is 507 g/mol. The van der Waals surface area contributed by atoms with Crippen molar-refractivity contribution in [2.45, 2.75) is 0 Å². The molecule has 1 aliphatic rings. The molecule has 0 atom stereocenters. The lowest BCUT2D eigenvalue weighted by molar-refractivity contribution is -0.384. The second kappa shape index (κ2) is 8.76. The number of fused-ring (bicyclic) bond motifs is 1. The molecule has 1 saturated heterocycles. The minimum absolute atomic E-state index is 0.135. The van der Waals surface area contributed by atoms with E-state index in [0.29, 0.717) is 42.8 Å². The van der Waals surface area contributed by atoms with Gasteiger partial charge in [-0.15, -0.1) is 0 Å². The minimum atomic E-state index is -0.486. The van der Waals surface area contributed by atoms with Crippen LogP contribution in [0.25, 0.3) is 27.7 Å². The van der Waals surface area contributed by atoms with Crippen LogP contribution in [0.3, 0.4) is 0 Å². The van der Waals surface area contributed by atoms with Crippen LogP contribution in [-0.4, -0.2) is 41.0 Å². The topological polar surface area (TPSA) is 90.5 Å². The van der Waals surface area contributed by atoms with Crippen molar-refractivity contribution < 1.29 is 9.66 Å². The van der Waals surface area contributed by atoms with Gasteiger partial charge >= 0.3 is 0 Å². The lowest BCUT2D eigenvalue weighted by Crippen LogP contribution is -2.36. The van der Waals surface area contributed by atoms with E-state index in [1.54, 1.807) is 24.3 Å². The Morgan fingerprint density at radius 2 is 1.73 bits per heavy atom. The molecule has 0 N–H and O–H groups in total. The summed E-state index contributed by atoms with van der Waals surface area (Å²) in [5.41, 5.74) is 1.68. The first-order chi connectivity index (χ1) is 16.0. The van der Waals surface area contributed by atoms with Crippen LogP contribution < -0.4 is 10.5 Å². The molecule has 0 spiro atoms. The zero-order chi connectivity index (χ0) is 22.9. The summed E-state index contributed by atoms with van der Waals surface area (Å²) in [5.74, 6) is 0. The Kier molecular flexibility index (Phi) is 5.65. The number of anilines is 1. The highest BCUT2D eigenvalue weighted by molar-refractivity contribution is 9.10. The van der Waals surface area contributed by atoms with Crippen molar-refractivity contribution in [1.82, 2.24) is 9.78 Å². The predicted octanol–water partition coefficient (Wildman–Crippen LogP) is 4.56. The summed E-state index contributed by atoms with van der Waals surface area (Å²) >= 11 is 3.48. The van der Waals surface area contributed by atoms with Crippen LogP contribution in [0, 0.1) is 10.1 Å². The summed E-state index contributed by atoms with van der Waals surface area (Å²) in [6.07, 6.45) is 0. The highest BCUT2D eigenvalue weighted by atomic mass is 79.9. The minimum Gasteiger partial charge on any atom is -0.378 e. The third-order valence-electron chi connectivity index (χ3n) is 5.66. The SMILES string of the molecule is O=c1c2ccccc2c(-c2cccc(Br)c2)nn1-c1cc(N2CCOCC2)ccc1[N+](=O)[O-]. The van der Waals surface area contributed by atoms with E-state index in [-0.39, 0.29) is 11.4 Å². The van der Waals surface area contributed by atoms with Gasteiger partial charge in [-0.2, -0.15) is 9.78 Å². The van der Waals surface area contributed by atoms with E-state index < -0.39 is 10.5 Å². The fraction of sp³-hybridized carbons (Fsp3) is 0.167. The Morgan fingerprint density at radius 3 is 2.45 bits per heavy atom. The highest BCUT2D eigenvalue weighted by Gasteiger charge is 2.23. The Bertz CT molecular complexity index is 1430. The number of hydrogen-bond donors (Lipinski definition) is 0. The number of hydrogen-bond acceptors (Lipinski definition) is 6. The molecule has 33 heavy (non-hydrogen) atoms. The molecular weight excluding hydrogens is 488 g/mol. The van der Waals surface area contributed by atoms with Gasteiger partial charge in [-0.25, -0.2) is 0 Å². The summed E-state index contributed by atoms with van der Waals surface area (Å²) in [6.45, 7) is 2.49. The number of nitro benzene ring substituents is 1. The third-order valence-corrected chi connectivity index (χ3v) is 6.16. The Labute approximate surface area is 197 Å². The van der Waals surface area contributed by atoms with Crippen LogP contribution in [0.4, 0.5) is 11.4 Å². The first kappa shape index (κ1) is 21.3. The van der Waals surface area contributed by atoms with Crippen molar-refractivity contribution in [1.29, 1.82) is 0 Å². The zero-order valence-electron chi connectivity index (χ0n) is 17.5. The van der Waals surface area contributed by atoms with Crippen molar-refractivity contribution in [3.63, 3.8) is 0 Å². The number of rotatable bonds is 4. The maximum absolute atomic E-state index is 13.5. The summed E-state index contributed by atoms with van der Waals surface area (Å²) in [4.78, 5) is 27.0. The molecule has 1 aromatic heterocycles. The van der Waals surface area contributed by atoms with Gasteiger partial charge in [0, 0.05) is 40.3 Å². The lowest BCUT2D eigenvalue weighted by atomic mass is 10.0. The van der Waals surface area contributed by atoms with E-state index in [1.807, 2.05) is 36.4 Å². The van der Waals surface area contributed by atoms with Gasteiger partial charge in [-0.3, -0.25) is 14.9 Å². The molecule has 2 heterocycles. The van der Waals surface area contributed by atoms with E-state index in [1.165, 1.54) is 6.07 Å². The van der Waals surface area contributed by atoms with Gasteiger partial charge in [-0.05, 0) is 30.3 Å². The van der Waals surface area contributed by atoms with Gasteiger partial charge in [0.25, 0.3) is 11.2 Å². The second-order valence-electron chi connectivity index (χ2n) is 7.65. The van der Waals surface area contributed by atoms with Crippen LogP contribution in [0.2, 0.25) is 0 Å². The van der Waals surface area contributed by atoms with Crippen LogP contribution in [0.1, 0.15) is 0 Å². The first-order valence-corrected chi connectivity index (χ1v) is 11.2. The van der Waals surface area contributed by atoms with Gasteiger partial charge < -0.3 is 9.64 Å². The molecular formula is C24H19BrN4O4. The number of morpholine rings is 1. The van der Waals surface area contributed by atoms with Crippen molar-refractivity contribution in [2.75, 3.05) is 31.2 Å². The highest BCUT2D eigenvalue weighted by Crippen LogP contribution is 2.31. The molecule has 0 amide bonds. The Hall–Kier alpha value is -3.56. The van der Waals surface area contributed by atoms with Crippen molar-refractivity contribution in [2.24, 2.45) is 0 Å². The van der Waals surface area contributed by atoms with Crippen LogP contribution >= 0.6 is 15.9 Å². The fourth-order valence-electron chi connectivity index (χ4n) is 4.06. The number of halogens is 1. The molecule has 0 unspecified atom stereocenters. The summed E-state index contributed by atoms with van der Waals surface area (Å²) in [5, 5.41) is 17.6. The van der Waals surface area contributed by atoms with Crippen molar-refractivity contribution in [3.05, 3.63) is 91.7 Å². The number of nitrogens with zero attached hydrogens (tertiary/aromatic N) is 4. The molecule has 0 bridgehead atoms. The largest absolute Gasteiger partial charge is 0.378 e. The lowest BCUT2D eigenvalue weighted by Gasteiger charge is -2.29. The van der Waals surface area contributed by atoms with Gasteiger partial charge in [0.2, 0.25) is 0 Å². The third kappa shape index (κ3) is 4.01.